The lowest BCUT2D eigenvalue weighted by Crippen LogP contribution is -2.41. The number of esters is 1. The van der Waals surface area contributed by atoms with E-state index < -0.39 is 16.0 Å². The van der Waals surface area contributed by atoms with Gasteiger partial charge in [-0.2, -0.15) is 4.31 Å². The Balaban J connectivity index is 1.70. The van der Waals surface area contributed by atoms with Crippen molar-refractivity contribution in [3.63, 3.8) is 0 Å². The lowest BCUT2D eigenvalue weighted by molar-refractivity contribution is -0.120. The molecule has 1 amide bonds. The van der Waals surface area contributed by atoms with Gasteiger partial charge in [-0.25, -0.2) is 13.2 Å². The molecule has 9 nitrogen and oxygen atoms in total. The van der Waals surface area contributed by atoms with E-state index in [1.165, 1.54) is 11.2 Å². The number of nitrogens with zero attached hydrogens (tertiary/aromatic N) is 1. The number of nitrogens with one attached hydrogen (secondary N) is 2. The molecule has 0 spiro atoms. The number of hydrogen-bond acceptors (Lipinski definition) is 6. The second-order valence-electron chi connectivity index (χ2n) is 8.10. The van der Waals surface area contributed by atoms with Crippen molar-refractivity contribution in [2.45, 2.75) is 45.4 Å². The molecule has 2 aromatic rings. The minimum Gasteiger partial charge on any atom is -0.462 e. The van der Waals surface area contributed by atoms with E-state index in [0.29, 0.717) is 35.5 Å². The number of carbonyl (C=O) groups is 3. The zero-order valence-corrected chi connectivity index (χ0v) is 20.0. The van der Waals surface area contributed by atoms with Crippen LogP contribution in [0, 0.1) is 19.8 Å². The quantitative estimate of drug-likeness (QED) is 0.468. The maximum Gasteiger partial charge on any atom is 0.341 e. The van der Waals surface area contributed by atoms with E-state index in [4.69, 9.17) is 4.74 Å². The van der Waals surface area contributed by atoms with Crippen molar-refractivity contribution in [1.29, 1.82) is 0 Å². The Morgan fingerprint density at radius 1 is 1.09 bits per heavy atom. The van der Waals surface area contributed by atoms with E-state index in [0.717, 1.165) is 0 Å². The van der Waals surface area contributed by atoms with Gasteiger partial charge in [-0.1, -0.05) is 0 Å². The van der Waals surface area contributed by atoms with Crippen LogP contribution in [0.3, 0.4) is 0 Å². The summed E-state index contributed by atoms with van der Waals surface area (Å²) in [6.45, 7) is 6.85. The molecule has 1 aliphatic heterocycles. The number of aromatic amines is 1. The second kappa shape index (κ2) is 9.88. The van der Waals surface area contributed by atoms with Gasteiger partial charge in [0.2, 0.25) is 15.9 Å². The molecule has 1 saturated heterocycles. The molecule has 33 heavy (non-hydrogen) atoms. The highest BCUT2D eigenvalue weighted by Gasteiger charge is 2.37. The summed E-state index contributed by atoms with van der Waals surface area (Å²) in [6, 6.07) is 6.63. The largest absolute Gasteiger partial charge is 0.462 e. The fourth-order valence-corrected chi connectivity index (χ4v) is 5.93. The Bertz CT molecular complexity index is 1160. The number of hydrogen-bond donors (Lipinski definition) is 2. The smallest absolute Gasteiger partial charge is 0.341 e. The van der Waals surface area contributed by atoms with Gasteiger partial charge in [0.15, 0.2) is 5.78 Å². The number of H-pyrrole nitrogens is 1. The lowest BCUT2D eigenvalue weighted by atomic mass is 9.97. The topological polar surface area (TPSA) is 126 Å². The zero-order chi connectivity index (χ0) is 24.3. The van der Waals surface area contributed by atoms with Crippen molar-refractivity contribution in [2.75, 3.05) is 25.0 Å². The summed E-state index contributed by atoms with van der Waals surface area (Å²) >= 11 is 0. The monoisotopic (exact) mass is 475 g/mol. The molecule has 178 valence electrons. The minimum atomic E-state index is -3.95. The van der Waals surface area contributed by atoms with Crippen molar-refractivity contribution < 1.29 is 27.5 Å². The molecule has 1 fully saturated rings. The van der Waals surface area contributed by atoms with Crippen LogP contribution >= 0.6 is 0 Å². The van der Waals surface area contributed by atoms with Gasteiger partial charge in [0.25, 0.3) is 0 Å². The summed E-state index contributed by atoms with van der Waals surface area (Å²) in [7, 11) is -3.95. The second-order valence-corrected chi connectivity index (χ2v) is 9.98. The first kappa shape index (κ1) is 24.7. The Morgan fingerprint density at radius 3 is 2.24 bits per heavy atom. The lowest BCUT2D eigenvalue weighted by Gasteiger charge is -2.30. The van der Waals surface area contributed by atoms with Crippen LogP contribution in [0.15, 0.2) is 29.2 Å². The molecule has 0 aliphatic carbocycles. The van der Waals surface area contributed by atoms with Crippen LogP contribution in [-0.4, -0.2) is 55.1 Å². The summed E-state index contributed by atoms with van der Waals surface area (Å²) in [4.78, 5) is 39.3. The first-order valence-electron chi connectivity index (χ1n) is 10.8. The van der Waals surface area contributed by atoms with Crippen LogP contribution < -0.4 is 5.32 Å². The van der Waals surface area contributed by atoms with Crippen LogP contribution in [0.1, 0.15) is 58.8 Å². The van der Waals surface area contributed by atoms with E-state index in [1.54, 1.807) is 45.0 Å². The third kappa shape index (κ3) is 5.17. The summed E-state index contributed by atoms with van der Waals surface area (Å²) in [5.41, 5.74) is 1.99. The number of piperidine rings is 1. The number of benzene rings is 1. The number of amides is 1. The normalized spacial score (nSPS) is 15.3. The maximum atomic E-state index is 13.4. The number of ether oxygens (including phenoxy) is 1. The number of anilines is 1. The SMILES string of the molecule is CCOC(=O)c1c(C)[nH]c(C)c1S(=O)(=O)N1CCC(C(=O)Nc2ccc(C(C)=O)cc2)CC1. The predicted octanol–water partition coefficient (Wildman–Crippen LogP) is 3.05. The molecule has 2 heterocycles. The number of aromatic nitrogens is 1. The van der Waals surface area contributed by atoms with Crippen molar-refractivity contribution in [2.24, 2.45) is 5.92 Å². The molecule has 2 N–H and O–H groups in total. The minimum absolute atomic E-state index is 0.0308. The van der Waals surface area contributed by atoms with Gasteiger partial charge in [-0.05, 0) is 64.8 Å². The molecule has 0 atom stereocenters. The first-order chi connectivity index (χ1) is 15.6. The Labute approximate surface area is 193 Å². The van der Waals surface area contributed by atoms with Gasteiger partial charge in [0.05, 0.1) is 6.61 Å². The van der Waals surface area contributed by atoms with Gasteiger partial charge in [0.1, 0.15) is 10.5 Å². The zero-order valence-electron chi connectivity index (χ0n) is 19.2. The van der Waals surface area contributed by atoms with E-state index in [2.05, 4.69) is 10.3 Å². The van der Waals surface area contributed by atoms with Gasteiger partial charge < -0.3 is 15.0 Å². The van der Waals surface area contributed by atoms with Crippen molar-refractivity contribution in [1.82, 2.24) is 9.29 Å². The van der Waals surface area contributed by atoms with Gasteiger partial charge in [-0.3, -0.25) is 9.59 Å². The van der Waals surface area contributed by atoms with Crippen molar-refractivity contribution in [3.8, 4) is 0 Å². The first-order valence-corrected chi connectivity index (χ1v) is 12.3. The van der Waals surface area contributed by atoms with E-state index in [1.807, 2.05) is 0 Å². The van der Waals surface area contributed by atoms with Crippen molar-refractivity contribution in [3.05, 3.63) is 46.8 Å². The van der Waals surface area contributed by atoms with Gasteiger partial charge >= 0.3 is 5.97 Å². The maximum absolute atomic E-state index is 13.4. The number of sulfonamides is 1. The molecule has 0 saturated carbocycles. The number of ketones is 1. The van der Waals surface area contributed by atoms with Crippen LogP contribution in [0.4, 0.5) is 5.69 Å². The average molecular weight is 476 g/mol. The standard InChI is InChI=1S/C23H29N3O6S/c1-5-32-23(29)20-14(2)24-15(3)21(20)33(30,31)26-12-10-18(11-13-26)22(28)25-19-8-6-17(7-9-19)16(4)27/h6-9,18,24H,5,10-13H2,1-4H3,(H,25,28). The van der Waals surface area contributed by atoms with E-state index in [-0.39, 0.29) is 47.8 Å². The van der Waals surface area contributed by atoms with Crippen LogP contribution in [-0.2, 0) is 19.6 Å². The molecule has 0 radical (unpaired) electrons. The van der Waals surface area contributed by atoms with Crippen molar-refractivity contribution >= 4 is 33.4 Å². The molecule has 10 heteroatoms. The van der Waals surface area contributed by atoms with Crippen LogP contribution in [0.5, 0.6) is 0 Å². The molecule has 1 aromatic carbocycles. The Hall–Kier alpha value is -2.98. The fourth-order valence-electron chi connectivity index (χ4n) is 4.05. The predicted molar refractivity (Wildman–Crippen MR) is 123 cm³/mol. The molecular weight excluding hydrogens is 446 g/mol. The highest BCUT2D eigenvalue weighted by atomic mass is 32.2. The summed E-state index contributed by atoms with van der Waals surface area (Å²) in [5, 5.41) is 2.83. The highest BCUT2D eigenvalue weighted by Crippen LogP contribution is 2.30. The molecule has 0 unspecified atom stereocenters. The third-order valence-corrected chi connectivity index (χ3v) is 7.85. The molecule has 0 bridgehead atoms. The molecular formula is C23H29N3O6S. The molecule has 3 rings (SSSR count). The molecule has 1 aromatic heterocycles. The Morgan fingerprint density at radius 2 is 1.70 bits per heavy atom. The fraction of sp³-hybridized carbons (Fsp3) is 0.435. The van der Waals surface area contributed by atoms with Gasteiger partial charge in [-0.15, -0.1) is 0 Å². The number of aryl methyl sites for hydroxylation is 2. The number of carbonyl (C=O) groups excluding carboxylic acids is 3. The summed E-state index contributed by atoms with van der Waals surface area (Å²) in [5.74, 6) is -1.27. The highest BCUT2D eigenvalue weighted by molar-refractivity contribution is 7.89. The Kier molecular flexibility index (Phi) is 7.38. The third-order valence-electron chi connectivity index (χ3n) is 5.78. The van der Waals surface area contributed by atoms with Crippen LogP contribution in [0.25, 0.3) is 0 Å². The van der Waals surface area contributed by atoms with Gasteiger partial charge in [0, 0.05) is 41.6 Å². The van der Waals surface area contributed by atoms with E-state index >= 15 is 0 Å². The summed E-state index contributed by atoms with van der Waals surface area (Å²) in [6.07, 6.45) is 0.710. The average Bonchev–Trinajstić information content (AvgIpc) is 3.08. The molecule has 1 aliphatic rings. The van der Waals surface area contributed by atoms with Crippen LogP contribution in [0.2, 0.25) is 0 Å². The number of Topliss-reactive ketones (excluding diaryl/α,β-unsaturated/α-hetero) is 1. The van der Waals surface area contributed by atoms with E-state index in [9.17, 15) is 22.8 Å². The summed E-state index contributed by atoms with van der Waals surface area (Å²) < 4.78 is 33.1. The number of rotatable bonds is 7.